The van der Waals surface area contributed by atoms with Crippen molar-refractivity contribution in [2.24, 2.45) is 0 Å². The number of methoxy groups -OCH3 is 1. The average Bonchev–Trinajstić information content (AvgIpc) is 2.15. The Morgan fingerprint density at radius 2 is 2.25 bits per heavy atom. The van der Waals surface area contributed by atoms with Crippen LogP contribution >= 0.6 is 27.5 Å². The normalized spacial score (nSPS) is 28.8. The predicted molar refractivity (Wildman–Crippen MR) is 65.8 cm³/mol. The average molecular weight is 308 g/mol. The van der Waals surface area contributed by atoms with Crippen LogP contribution in [-0.4, -0.2) is 28.6 Å². The van der Waals surface area contributed by atoms with Crippen molar-refractivity contribution in [2.75, 3.05) is 7.11 Å². The fourth-order valence-corrected chi connectivity index (χ4v) is 2.26. The molecule has 5 heteroatoms. The molecule has 3 nitrogen and oxygen atoms in total. The first-order chi connectivity index (χ1) is 7.36. The summed E-state index contributed by atoms with van der Waals surface area (Å²) in [5.74, 6) is -0.398. The van der Waals surface area contributed by atoms with Crippen LogP contribution in [0.2, 0.25) is 0 Å². The second-order valence-corrected chi connectivity index (χ2v) is 5.99. The molecule has 0 aromatic carbocycles. The minimum atomic E-state index is -0.932. The molecule has 0 saturated carbocycles. The summed E-state index contributed by atoms with van der Waals surface area (Å²) in [6.45, 7) is 1.38. The van der Waals surface area contributed by atoms with Crippen molar-refractivity contribution < 1.29 is 14.3 Å². The zero-order valence-electron chi connectivity index (χ0n) is 9.00. The molecular formula is C11H12BrClO3. The van der Waals surface area contributed by atoms with Gasteiger partial charge in [0.25, 0.3) is 0 Å². The molecule has 1 rings (SSSR count). The first-order valence-corrected chi connectivity index (χ1v) is 5.88. The standard InChI is InChI=1S/C11H12BrClO3/c1-7(14)5-9(15)8-3-4-10(16-2)11(12,13)6-8/h3-4,6,10H,5H2,1-2H3. The third-order valence-corrected chi connectivity index (χ3v) is 3.17. The Hall–Kier alpha value is -0.450. The summed E-state index contributed by atoms with van der Waals surface area (Å²) in [4.78, 5) is 22.5. The number of carbonyl (C=O) groups excluding carboxylic acids is 2. The number of ether oxygens (including phenoxy) is 1. The van der Waals surface area contributed by atoms with Crippen LogP contribution < -0.4 is 0 Å². The molecule has 2 atom stereocenters. The van der Waals surface area contributed by atoms with Crippen LogP contribution in [0, 0.1) is 0 Å². The number of hydrogen-bond acceptors (Lipinski definition) is 3. The van der Waals surface area contributed by atoms with E-state index >= 15 is 0 Å². The third kappa shape index (κ3) is 3.27. The number of allylic oxidation sites excluding steroid dienone is 2. The van der Waals surface area contributed by atoms with Crippen molar-refractivity contribution in [3.8, 4) is 0 Å². The van der Waals surface area contributed by atoms with Gasteiger partial charge in [0.05, 0.1) is 6.42 Å². The second-order valence-electron chi connectivity index (χ2n) is 3.59. The highest BCUT2D eigenvalue weighted by Crippen LogP contribution is 2.36. The molecule has 0 aromatic heterocycles. The Morgan fingerprint density at radius 3 is 2.69 bits per heavy atom. The monoisotopic (exact) mass is 306 g/mol. The van der Waals surface area contributed by atoms with Gasteiger partial charge in [0.1, 0.15) is 15.7 Å². The molecule has 0 N–H and O–H groups in total. The highest BCUT2D eigenvalue weighted by Gasteiger charge is 2.34. The van der Waals surface area contributed by atoms with Crippen molar-refractivity contribution in [3.63, 3.8) is 0 Å². The number of carbonyl (C=O) groups is 2. The SMILES string of the molecule is COC1C=CC(C(=O)CC(C)=O)=CC1(Cl)Br. The largest absolute Gasteiger partial charge is 0.374 e. The molecule has 2 unspecified atom stereocenters. The van der Waals surface area contributed by atoms with Gasteiger partial charge in [-0.05, 0) is 13.0 Å². The smallest absolute Gasteiger partial charge is 0.169 e. The van der Waals surface area contributed by atoms with Gasteiger partial charge in [-0.3, -0.25) is 9.59 Å². The number of ketones is 2. The van der Waals surface area contributed by atoms with Crippen LogP contribution in [0.1, 0.15) is 13.3 Å². The van der Waals surface area contributed by atoms with Gasteiger partial charge in [-0.15, -0.1) is 0 Å². The lowest BCUT2D eigenvalue weighted by Crippen LogP contribution is -2.32. The van der Waals surface area contributed by atoms with Crippen molar-refractivity contribution in [1.29, 1.82) is 0 Å². The molecule has 0 aliphatic heterocycles. The molecule has 16 heavy (non-hydrogen) atoms. The van der Waals surface area contributed by atoms with E-state index in [0.29, 0.717) is 5.57 Å². The van der Waals surface area contributed by atoms with E-state index in [1.165, 1.54) is 14.0 Å². The predicted octanol–water partition coefficient (Wildman–Crippen LogP) is 2.38. The van der Waals surface area contributed by atoms with Crippen LogP contribution in [0.3, 0.4) is 0 Å². The van der Waals surface area contributed by atoms with Crippen molar-refractivity contribution in [3.05, 3.63) is 23.8 Å². The van der Waals surface area contributed by atoms with Gasteiger partial charge in [0, 0.05) is 12.7 Å². The van der Waals surface area contributed by atoms with Crippen molar-refractivity contribution in [1.82, 2.24) is 0 Å². The van der Waals surface area contributed by atoms with Crippen LogP contribution in [0.25, 0.3) is 0 Å². The maximum absolute atomic E-state index is 11.6. The Balaban J connectivity index is 2.86. The number of halogens is 2. The Labute approximate surface area is 108 Å². The van der Waals surface area contributed by atoms with Gasteiger partial charge in [-0.1, -0.05) is 39.7 Å². The van der Waals surface area contributed by atoms with Crippen molar-refractivity contribution >= 4 is 39.1 Å². The van der Waals surface area contributed by atoms with E-state index in [2.05, 4.69) is 15.9 Å². The van der Waals surface area contributed by atoms with E-state index in [4.69, 9.17) is 16.3 Å². The van der Waals surface area contributed by atoms with Gasteiger partial charge in [-0.25, -0.2) is 0 Å². The summed E-state index contributed by atoms with van der Waals surface area (Å²) < 4.78 is 4.19. The molecule has 0 saturated heterocycles. The third-order valence-electron chi connectivity index (χ3n) is 2.16. The highest BCUT2D eigenvalue weighted by atomic mass is 79.9. The first-order valence-electron chi connectivity index (χ1n) is 4.71. The zero-order chi connectivity index (χ0) is 12.3. The van der Waals surface area contributed by atoms with Crippen LogP contribution in [0.4, 0.5) is 0 Å². The maximum Gasteiger partial charge on any atom is 0.169 e. The second kappa shape index (κ2) is 5.25. The summed E-state index contributed by atoms with van der Waals surface area (Å²) >= 11 is 9.41. The molecule has 1 aliphatic carbocycles. The topological polar surface area (TPSA) is 43.4 Å². The summed E-state index contributed by atoms with van der Waals surface area (Å²) in [5, 5.41) is 0. The maximum atomic E-state index is 11.6. The van der Waals surface area contributed by atoms with Crippen LogP contribution in [0.5, 0.6) is 0 Å². The van der Waals surface area contributed by atoms with Crippen LogP contribution in [-0.2, 0) is 14.3 Å². The van der Waals surface area contributed by atoms with Gasteiger partial charge in [-0.2, -0.15) is 0 Å². The summed E-state index contributed by atoms with van der Waals surface area (Å²) in [6.07, 6.45) is 4.43. The quantitative estimate of drug-likeness (QED) is 0.591. The Kier molecular flexibility index (Phi) is 4.47. The van der Waals surface area contributed by atoms with Crippen molar-refractivity contribution in [2.45, 2.75) is 23.2 Å². The number of rotatable bonds is 4. The molecule has 0 heterocycles. The Morgan fingerprint density at radius 1 is 1.62 bits per heavy atom. The molecule has 0 aromatic rings. The number of Topliss-reactive ketones (excluding diaryl/α,β-unsaturated/α-hetero) is 2. The van der Waals surface area contributed by atoms with E-state index in [-0.39, 0.29) is 24.1 Å². The van der Waals surface area contributed by atoms with E-state index in [0.717, 1.165) is 0 Å². The fourth-order valence-electron chi connectivity index (χ4n) is 1.39. The molecular weight excluding hydrogens is 295 g/mol. The Bertz CT molecular complexity index is 371. The summed E-state index contributed by atoms with van der Waals surface area (Å²) in [5.41, 5.74) is 0.426. The fraction of sp³-hybridized carbons (Fsp3) is 0.455. The molecule has 0 bridgehead atoms. The van der Waals surface area contributed by atoms with Gasteiger partial charge in [0.2, 0.25) is 0 Å². The molecule has 88 valence electrons. The van der Waals surface area contributed by atoms with Gasteiger partial charge < -0.3 is 4.74 Å². The van der Waals surface area contributed by atoms with E-state index < -0.39 is 3.78 Å². The van der Waals surface area contributed by atoms with Gasteiger partial charge >= 0.3 is 0 Å². The zero-order valence-corrected chi connectivity index (χ0v) is 11.3. The lowest BCUT2D eigenvalue weighted by Gasteiger charge is -2.27. The summed E-state index contributed by atoms with van der Waals surface area (Å²) in [6, 6.07) is 0. The lowest BCUT2D eigenvalue weighted by atomic mass is 9.98. The molecule has 0 fully saturated rings. The van der Waals surface area contributed by atoms with Gasteiger partial charge in [0.15, 0.2) is 5.78 Å². The minimum Gasteiger partial charge on any atom is -0.374 e. The number of alkyl halides is 2. The molecule has 0 spiro atoms. The molecule has 1 aliphatic rings. The van der Waals surface area contributed by atoms with E-state index in [9.17, 15) is 9.59 Å². The molecule has 0 radical (unpaired) electrons. The van der Waals surface area contributed by atoms with E-state index in [1.54, 1.807) is 18.2 Å². The highest BCUT2D eigenvalue weighted by molar-refractivity contribution is 9.10. The number of hydrogen-bond donors (Lipinski definition) is 0. The van der Waals surface area contributed by atoms with Crippen LogP contribution in [0.15, 0.2) is 23.8 Å². The minimum absolute atomic E-state index is 0.103. The summed E-state index contributed by atoms with van der Waals surface area (Å²) in [7, 11) is 1.53. The van der Waals surface area contributed by atoms with E-state index in [1.807, 2.05) is 0 Å². The lowest BCUT2D eigenvalue weighted by molar-refractivity contribution is -0.123. The first kappa shape index (κ1) is 13.6. The molecule has 0 amide bonds.